The highest BCUT2D eigenvalue weighted by molar-refractivity contribution is 5.88. The minimum atomic E-state index is -0.789. The molecule has 0 aromatic rings. The van der Waals surface area contributed by atoms with Crippen molar-refractivity contribution in [3.8, 4) is 0 Å². The molecular formula is C18H24O7. The maximum Gasteiger partial charge on any atom is 0.346 e. The van der Waals surface area contributed by atoms with Crippen LogP contribution in [0.15, 0.2) is 12.2 Å². The Labute approximate surface area is 146 Å². The molecule has 0 spiro atoms. The summed E-state index contributed by atoms with van der Waals surface area (Å²) in [6.45, 7) is 6.09. The summed E-state index contributed by atoms with van der Waals surface area (Å²) in [6, 6.07) is 0. The lowest BCUT2D eigenvalue weighted by Gasteiger charge is -2.46. The van der Waals surface area contributed by atoms with Crippen molar-refractivity contribution in [3.05, 3.63) is 12.2 Å². The molecule has 25 heavy (non-hydrogen) atoms. The van der Waals surface area contributed by atoms with E-state index in [1.807, 2.05) is 0 Å². The second-order valence-electron chi connectivity index (χ2n) is 7.42. The van der Waals surface area contributed by atoms with E-state index in [1.165, 1.54) is 6.92 Å². The minimum absolute atomic E-state index is 0.113. The Morgan fingerprint density at radius 3 is 2.80 bits per heavy atom. The van der Waals surface area contributed by atoms with Gasteiger partial charge in [-0.1, -0.05) is 6.58 Å². The molecule has 0 N–H and O–H groups in total. The first-order valence-electron chi connectivity index (χ1n) is 8.67. The number of carbonyl (C=O) groups is 3. The summed E-state index contributed by atoms with van der Waals surface area (Å²) in [6.07, 6.45) is 2.93. The van der Waals surface area contributed by atoms with Gasteiger partial charge in [-0.25, -0.2) is 9.59 Å². The maximum atomic E-state index is 12.1. The van der Waals surface area contributed by atoms with E-state index in [1.54, 1.807) is 6.92 Å². The molecule has 0 amide bonds. The number of rotatable bonds is 6. The highest BCUT2D eigenvalue weighted by Crippen LogP contribution is 2.51. The summed E-state index contributed by atoms with van der Waals surface area (Å²) in [4.78, 5) is 35.1. The zero-order valence-corrected chi connectivity index (χ0v) is 14.6. The number of hydrogen-bond acceptors (Lipinski definition) is 7. The average Bonchev–Trinajstić information content (AvgIpc) is 2.65. The van der Waals surface area contributed by atoms with E-state index in [-0.39, 0.29) is 23.6 Å². The van der Waals surface area contributed by atoms with Crippen molar-refractivity contribution in [3.63, 3.8) is 0 Å². The molecule has 0 aromatic carbocycles. The zero-order chi connectivity index (χ0) is 18.2. The third-order valence-corrected chi connectivity index (χ3v) is 5.09. The van der Waals surface area contributed by atoms with E-state index in [0.29, 0.717) is 18.8 Å². The summed E-state index contributed by atoms with van der Waals surface area (Å²) < 4.78 is 21.5. The van der Waals surface area contributed by atoms with Gasteiger partial charge >= 0.3 is 17.9 Å². The summed E-state index contributed by atoms with van der Waals surface area (Å²) in [5.74, 6) is -1.18. The van der Waals surface area contributed by atoms with E-state index in [4.69, 9.17) is 18.9 Å². The third-order valence-electron chi connectivity index (χ3n) is 5.09. The molecule has 2 saturated carbocycles. The van der Waals surface area contributed by atoms with Crippen LogP contribution in [0.2, 0.25) is 0 Å². The normalized spacial score (nSPS) is 34.0. The molecule has 4 fully saturated rings. The van der Waals surface area contributed by atoms with Crippen molar-refractivity contribution < 1.29 is 33.3 Å². The fraction of sp³-hybridized carbons (Fsp3) is 0.722. The molecular weight excluding hydrogens is 328 g/mol. The molecule has 7 nitrogen and oxygen atoms in total. The first kappa shape index (κ1) is 17.9. The summed E-state index contributed by atoms with van der Waals surface area (Å²) in [5.41, 5.74) is -0.275. The molecule has 5 atom stereocenters. The molecule has 2 aliphatic carbocycles. The van der Waals surface area contributed by atoms with Gasteiger partial charge in [-0.2, -0.15) is 0 Å². The Morgan fingerprint density at radius 1 is 1.32 bits per heavy atom. The smallest absolute Gasteiger partial charge is 0.346 e. The van der Waals surface area contributed by atoms with Gasteiger partial charge in [0.2, 0.25) is 6.29 Å². The van der Waals surface area contributed by atoms with Crippen LogP contribution in [-0.4, -0.2) is 42.5 Å². The number of carbonyl (C=O) groups excluding carboxylic acids is 3. The van der Waals surface area contributed by atoms with Crippen LogP contribution < -0.4 is 0 Å². The van der Waals surface area contributed by atoms with Crippen molar-refractivity contribution in [1.82, 2.24) is 0 Å². The van der Waals surface area contributed by atoms with Gasteiger partial charge in [-0.15, -0.1) is 0 Å². The van der Waals surface area contributed by atoms with Gasteiger partial charge in [0.25, 0.3) is 0 Å². The van der Waals surface area contributed by atoms with E-state index >= 15 is 0 Å². The van der Waals surface area contributed by atoms with Crippen LogP contribution in [0.1, 0.15) is 46.0 Å². The Kier molecular flexibility index (Phi) is 4.86. The van der Waals surface area contributed by atoms with Crippen LogP contribution in [0, 0.1) is 11.8 Å². The first-order chi connectivity index (χ1) is 11.8. The number of ether oxygens (including phenoxy) is 4. The van der Waals surface area contributed by atoms with Gasteiger partial charge < -0.3 is 18.9 Å². The third kappa shape index (κ3) is 4.03. The predicted molar refractivity (Wildman–Crippen MR) is 85.1 cm³/mol. The minimum Gasteiger partial charge on any atom is -0.462 e. The summed E-state index contributed by atoms with van der Waals surface area (Å²) in [5, 5.41) is 0. The van der Waals surface area contributed by atoms with E-state index in [2.05, 4.69) is 6.58 Å². The van der Waals surface area contributed by atoms with Crippen molar-refractivity contribution >= 4 is 17.9 Å². The van der Waals surface area contributed by atoms with E-state index < -0.39 is 30.4 Å². The summed E-state index contributed by atoms with van der Waals surface area (Å²) in [7, 11) is 0. The van der Waals surface area contributed by atoms with Crippen LogP contribution >= 0.6 is 0 Å². The lowest BCUT2D eigenvalue weighted by Crippen LogP contribution is -2.49. The monoisotopic (exact) mass is 352 g/mol. The molecule has 4 rings (SSSR count). The van der Waals surface area contributed by atoms with E-state index in [9.17, 15) is 14.4 Å². The molecule has 4 aliphatic rings. The fourth-order valence-corrected chi connectivity index (χ4v) is 4.36. The largest absolute Gasteiger partial charge is 0.462 e. The van der Waals surface area contributed by atoms with Crippen LogP contribution in [0.5, 0.6) is 0 Å². The lowest BCUT2D eigenvalue weighted by molar-refractivity contribution is -0.231. The predicted octanol–water partition coefficient (Wildman–Crippen LogP) is 1.89. The molecule has 2 heterocycles. The maximum absolute atomic E-state index is 12.1. The Hall–Kier alpha value is -1.89. The quantitative estimate of drug-likeness (QED) is 0.312. The fourth-order valence-electron chi connectivity index (χ4n) is 4.36. The van der Waals surface area contributed by atoms with Crippen molar-refractivity contribution in [2.24, 2.45) is 11.8 Å². The second-order valence-corrected chi connectivity index (χ2v) is 7.42. The van der Waals surface area contributed by atoms with E-state index in [0.717, 1.165) is 19.3 Å². The molecule has 138 valence electrons. The molecule has 4 bridgehead atoms. The Morgan fingerprint density at radius 2 is 2.08 bits per heavy atom. The van der Waals surface area contributed by atoms with Gasteiger partial charge in [-0.05, 0) is 45.4 Å². The number of esters is 3. The van der Waals surface area contributed by atoms with Gasteiger partial charge in [0.1, 0.15) is 6.10 Å². The number of fused-ring (bicyclic) bond motifs is 1. The SMILES string of the molecule is C=C(C)C(=O)OCC(=O)OC(C)OC12CC3CC(C1)OC(=O)C(C3)C2. The van der Waals surface area contributed by atoms with Gasteiger partial charge in [0, 0.05) is 12.0 Å². The first-order valence-corrected chi connectivity index (χ1v) is 8.67. The van der Waals surface area contributed by atoms with Crippen LogP contribution in [0.3, 0.4) is 0 Å². The molecule has 2 aliphatic heterocycles. The standard InChI is InChI=1S/C18H24O7/c1-10(2)16(20)22-9-15(19)23-11(3)25-18-6-12-4-13(7-18)17(21)24-14(5-12)8-18/h11-14H,1,4-9H2,2-3H3. The highest BCUT2D eigenvalue weighted by Gasteiger charge is 2.54. The molecule has 0 aromatic heterocycles. The molecule has 2 saturated heterocycles. The molecule has 0 radical (unpaired) electrons. The molecule has 5 unspecified atom stereocenters. The van der Waals surface area contributed by atoms with Gasteiger partial charge in [0.05, 0.1) is 11.5 Å². The second kappa shape index (κ2) is 6.78. The van der Waals surface area contributed by atoms with Crippen molar-refractivity contribution in [2.45, 2.75) is 63.9 Å². The molecule has 7 heteroatoms. The highest BCUT2D eigenvalue weighted by atomic mass is 16.7. The Balaban J connectivity index is 1.55. The van der Waals surface area contributed by atoms with Crippen LogP contribution in [0.4, 0.5) is 0 Å². The number of hydrogen-bond donors (Lipinski definition) is 0. The topological polar surface area (TPSA) is 88.1 Å². The lowest BCUT2D eigenvalue weighted by atomic mass is 9.65. The average molecular weight is 352 g/mol. The Bertz CT molecular complexity index is 598. The zero-order valence-electron chi connectivity index (χ0n) is 14.6. The van der Waals surface area contributed by atoms with Crippen LogP contribution in [0.25, 0.3) is 0 Å². The van der Waals surface area contributed by atoms with Crippen molar-refractivity contribution in [2.75, 3.05) is 6.61 Å². The van der Waals surface area contributed by atoms with Crippen LogP contribution in [-0.2, 0) is 33.3 Å². The van der Waals surface area contributed by atoms with Gasteiger partial charge in [0.15, 0.2) is 6.61 Å². The van der Waals surface area contributed by atoms with Gasteiger partial charge in [-0.3, -0.25) is 4.79 Å². The summed E-state index contributed by atoms with van der Waals surface area (Å²) >= 11 is 0. The van der Waals surface area contributed by atoms with Crippen molar-refractivity contribution in [1.29, 1.82) is 0 Å².